The monoisotopic (exact) mass is 415 g/mol. The van der Waals surface area contributed by atoms with E-state index in [1.165, 1.54) is 0 Å². The standard InChI is InChI=1S/C24H37N3O3/c1-8-9-12-30-22(29)25-11-10-20-26-15-19(27-20)16-13-17(23(2,3)4)21(28)18(14-16)24(5,6)7/h13-15,28H,8-12H2,1-7H3,(H,25,29)(H,26,27). The first-order valence-electron chi connectivity index (χ1n) is 10.8. The second kappa shape index (κ2) is 9.54. The quantitative estimate of drug-likeness (QED) is 0.525. The van der Waals surface area contributed by atoms with E-state index in [2.05, 4.69) is 63.8 Å². The molecular weight excluding hydrogens is 378 g/mol. The number of nitrogens with one attached hydrogen (secondary N) is 2. The number of imidazole rings is 1. The van der Waals surface area contributed by atoms with Gasteiger partial charge in [0, 0.05) is 29.7 Å². The molecule has 2 aromatic rings. The van der Waals surface area contributed by atoms with Crippen molar-refractivity contribution in [1.29, 1.82) is 0 Å². The lowest BCUT2D eigenvalue weighted by Gasteiger charge is -2.28. The van der Waals surface area contributed by atoms with Gasteiger partial charge in [0.1, 0.15) is 11.6 Å². The average Bonchev–Trinajstić information content (AvgIpc) is 3.09. The highest BCUT2D eigenvalue weighted by Gasteiger charge is 2.27. The van der Waals surface area contributed by atoms with Crippen LogP contribution < -0.4 is 5.32 Å². The third-order valence-corrected chi connectivity index (χ3v) is 5.03. The molecule has 1 amide bonds. The van der Waals surface area contributed by atoms with Gasteiger partial charge in [-0.25, -0.2) is 9.78 Å². The highest BCUT2D eigenvalue weighted by Crippen LogP contribution is 2.41. The van der Waals surface area contributed by atoms with Crippen LogP contribution in [0.1, 0.15) is 78.3 Å². The maximum Gasteiger partial charge on any atom is 0.407 e. The van der Waals surface area contributed by atoms with E-state index >= 15 is 0 Å². The predicted octanol–water partition coefficient (Wildman–Crippen LogP) is 5.45. The summed E-state index contributed by atoms with van der Waals surface area (Å²) in [5, 5.41) is 13.7. The number of carbonyl (C=O) groups is 1. The van der Waals surface area contributed by atoms with E-state index in [0.29, 0.717) is 25.3 Å². The smallest absolute Gasteiger partial charge is 0.407 e. The number of phenols is 1. The van der Waals surface area contributed by atoms with E-state index < -0.39 is 6.09 Å². The van der Waals surface area contributed by atoms with Gasteiger partial charge in [0.2, 0.25) is 0 Å². The van der Waals surface area contributed by atoms with Crippen LogP contribution in [0.4, 0.5) is 4.79 Å². The molecule has 3 N–H and O–H groups in total. The van der Waals surface area contributed by atoms with Gasteiger partial charge in [0.15, 0.2) is 0 Å². The molecular formula is C24H37N3O3. The van der Waals surface area contributed by atoms with Crippen LogP contribution in [-0.2, 0) is 22.0 Å². The minimum atomic E-state index is -0.390. The molecule has 166 valence electrons. The molecule has 30 heavy (non-hydrogen) atoms. The van der Waals surface area contributed by atoms with E-state index in [0.717, 1.165) is 41.1 Å². The lowest BCUT2D eigenvalue weighted by atomic mass is 9.78. The van der Waals surface area contributed by atoms with Gasteiger partial charge in [-0.05, 0) is 29.4 Å². The molecule has 1 aromatic heterocycles. The number of ether oxygens (including phenoxy) is 1. The normalized spacial score (nSPS) is 12.1. The molecule has 0 bridgehead atoms. The van der Waals surface area contributed by atoms with Crippen LogP contribution in [0.15, 0.2) is 18.3 Å². The summed E-state index contributed by atoms with van der Waals surface area (Å²) in [6.45, 7) is 15.5. The zero-order chi connectivity index (χ0) is 22.5. The fraction of sp³-hybridized carbons (Fsp3) is 0.583. The number of phenolic OH excluding ortho intramolecular Hbond substituents is 1. The number of amides is 1. The van der Waals surface area contributed by atoms with Gasteiger partial charge in [0.25, 0.3) is 0 Å². The first-order chi connectivity index (χ1) is 13.9. The number of benzene rings is 1. The van der Waals surface area contributed by atoms with E-state index in [1.807, 2.05) is 12.1 Å². The summed E-state index contributed by atoms with van der Waals surface area (Å²) >= 11 is 0. The number of hydrogen-bond acceptors (Lipinski definition) is 4. The van der Waals surface area contributed by atoms with Crippen molar-refractivity contribution in [3.05, 3.63) is 35.3 Å². The highest BCUT2D eigenvalue weighted by molar-refractivity contribution is 5.67. The molecule has 6 heteroatoms. The molecule has 0 aliphatic carbocycles. The van der Waals surface area contributed by atoms with Gasteiger partial charge in [0.05, 0.1) is 18.5 Å². The summed E-state index contributed by atoms with van der Waals surface area (Å²) < 4.78 is 5.09. The van der Waals surface area contributed by atoms with Crippen LogP contribution in [0.2, 0.25) is 0 Å². The van der Waals surface area contributed by atoms with Gasteiger partial charge < -0.3 is 20.1 Å². The Balaban J connectivity index is 2.17. The van der Waals surface area contributed by atoms with Crippen molar-refractivity contribution >= 4 is 6.09 Å². The lowest BCUT2D eigenvalue weighted by molar-refractivity contribution is 0.144. The second-order valence-corrected chi connectivity index (χ2v) is 9.83. The number of hydrogen-bond donors (Lipinski definition) is 3. The number of carbonyl (C=O) groups excluding carboxylic acids is 1. The molecule has 1 aromatic carbocycles. The Morgan fingerprint density at radius 1 is 1.13 bits per heavy atom. The Bertz CT molecular complexity index is 822. The fourth-order valence-electron chi connectivity index (χ4n) is 3.21. The highest BCUT2D eigenvalue weighted by atomic mass is 16.5. The summed E-state index contributed by atoms with van der Waals surface area (Å²) in [6, 6.07) is 4.07. The van der Waals surface area contributed by atoms with Crippen LogP contribution >= 0.6 is 0 Å². The van der Waals surface area contributed by atoms with Crippen LogP contribution in [0, 0.1) is 0 Å². The average molecular weight is 416 g/mol. The summed E-state index contributed by atoms with van der Waals surface area (Å²) in [4.78, 5) is 19.5. The largest absolute Gasteiger partial charge is 0.507 e. The molecule has 0 spiro atoms. The molecule has 0 radical (unpaired) electrons. The molecule has 0 saturated carbocycles. The Morgan fingerprint density at radius 3 is 2.27 bits per heavy atom. The number of aromatic hydroxyl groups is 1. The van der Waals surface area contributed by atoms with Gasteiger partial charge >= 0.3 is 6.09 Å². The van der Waals surface area contributed by atoms with Gasteiger partial charge in [-0.3, -0.25) is 0 Å². The molecule has 0 saturated heterocycles. The Labute approximate surface area is 180 Å². The molecule has 0 aliphatic rings. The molecule has 0 atom stereocenters. The Hall–Kier alpha value is -2.50. The Kier molecular flexibility index (Phi) is 7.56. The summed E-state index contributed by atoms with van der Waals surface area (Å²) in [7, 11) is 0. The van der Waals surface area contributed by atoms with E-state index in [1.54, 1.807) is 6.20 Å². The van der Waals surface area contributed by atoms with Crippen molar-refractivity contribution in [3.63, 3.8) is 0 Å². The third-order valence-electron chi connectivity index (χ3n) is 5.03. The number of aromatic amines is 1. The molecule has 6 nitrogen and oxygen atoms in total. The number of nitrogens with zero attached hydrogens (tertiary/aromatic N) is 1. The van der Waals surface area contributed by atoms with Crippen molar-refractivity contribution in [2.45, 2.75) is 78.6 Å². The van der Waals surface area contributed by atoms with E-state index in [9.17, 15) is 9.90 Å². The number of H-pyrrole nitrogens is 1. The Morgan fingerprint density at radius 2 is 1.73 bits per heavy atom. The molecule has 0 unspecified atom stereocenters. The lowest BCUT2D eigenvalue weighted by Crippen LogP contribution is -2.27. The van der Waals surface area contributed by atoms with Crippen LogP contribution in [-0.4, -0.2) is 34.3 Å². The zero-order valence-electron chi connectivity index (χ0n) is 19.5. The second-order valence-electron chi connectivity index (χ2n) is 9.83. The van der Waals surface area contributed by atoms with Gasteiger partial charge in [-0.2, -0.15) is 0 Å². The maximum absolute atomic E-state index is 11.6. The number of aromatic nitrogens is 2. The first kappa shape index (κ1) is 23.8. The minimum Gasteiger partial charge on any atom is -0.507 e. The van der Waals surface area contributed by atoms with Crippen LogP contribution in [0.5, 0.6) is 5.75 Å². The van der Waals surface area contributed by atoms with Crippen molar-refractivity contribution in [3.8, 4) is 17.0 Å². The van der Waals surface area contributed by atoms with Crippen molar-refractivity contribution in [1.82, 2.24) is 15.3 Å². The van der Waals surface area contributed by atoms with Crippen LogP contribution in [0.3, 0.4) is 0 Å². The molecule has 2 rings (SSSR count). The third kappa shape index (κ3) is 6.25. The van der Waals surface area contributed by atoms with Crippen molar-refractivity contribution in [2.24, 2.45) is 0 Å². The molecule has 0 aliphatic heterocycles. The van der Waals surface area contributed by atoms with Crippen molar-refractivity contribution < 1.29 is 14.6 Å². The molecule has 1 heterocycles. The maximum atomic E-state index is 11.6. The van der Waals surface area contributed by atoms with Crippen molar-refractivity contribution in [2.75, 3.05) is 13.2 Å². The van der Waals surface area contributed by atoms with E-state index in [-0.39, 0.29) is 10.8 Å². The summed E-state index contributed by atoms with van der Waals surface area (Å²) in [5.74, 6) is 1.16. The number of unbranched alkanes of at least 4 members (excludes halogenated alkanes) is 1. The number of rotatable bonds is 7. The summed E-state index contributed by atoms with van der Waals surface area (Å²) in [5.41, 5.74) is 3.34. The topological polar surface area (TPSA) is 87.2 Å². The predicted molar refractivity (Wildman–Crippen MR) is 121 cm³/mol. The number of alkyl carbamates (subject to hydrolysis) is 1. The summed E-state index contributed by atoms with van der Waals surface area (Å²) in [6.07, 6.45) is 3.86. The fourth-order valence-corrected chi connectivity index (χ4v) is 3.21. The van der Waals surface area contributed by atoms with E-state index in [4.69, 9.17) is 4.74 Å². The SMILES string of the molecule is CCCCOC(=O)NCCc1ncc(-c2cc(C(C)(C)C)c(O)c(C(C)(C)C)c2)[nH]1. The minimum absolute atomic E-state index is 0.189. The first-order valence-corrected chi connectivity index (χ1v) is 10.8. The zero-order valence-corrected chi connectivity index (χ0v) is 19.5. The molecule has 0 fully saturated rings. The van der Waals surface area contributed by atoms with Gasteiger partial charge in [-0.15, -0.1) is 0 Å². The van der Waals surface area contributed by atoms with Gasteiger partial charge in [-0.1, -0.05) is 54.9 Å². The van der Waals surface area contributed by atoms with Crippen LogP contribution in [0.25, 0.3) is 11.3 Å².